The number of nitrogens with two attached hydrogens (primary N) is 1. The van der Waals surface area contributed by atoms with Crippen molar-refractivity contribution in [2.45, 2.75) is 4.90 Å². The van der Waals surface area contributed by atoms with Crippen molar-refractivity contribution in [3.05, 3.63) is 53.1 Å². The molecule has 2 aromatic carbocycles. The fourth-order valence-corrected chi connectivity index (χ4v) is 3.04. The van der Waals surface area contributed by atoms with Crippen molar-refractivity contribution in [2.75, 3.05) is 11.6 Å². The molecule has 0 radical (unpaired) electrons. The number of sulfone groups is 1. The van der Waals surface area contributed by atoms with E-state index in [4.69, 9.17) is 22.7 Å². The summed E-state index contributed by atoms with van der Waals surface area (Å²) in [4.78, 5) is 11.8. The van der Waals surface area contributed by atoms with E-state index in [-0.39, 0.29) is 10.5 Å². The van der Waals surface area contributed by atoms with E-state index in [1.165, 1.54) is 18.2 Å². The summed E-state index contributed by atoms with van der Waals surface area (Å²) in [6, 6.07) is 10.9. The van der Waals surface area contributed by atoms with E-state index in [0.717, 1.165) is 6.26 Å². The second kappa shape index (κ2) is 6.90. The molecule has 126 valence electrons. The average Bonchev–Trinajstić information content (AvgIpc) is 2.45. The summed E-state index contributed by atoms with van der Waals surface area (Å²) in [5.74, 6) is -1.19. The van der Waals surface area contributed by atoms with Crippen LogP contribution in [0, 0.1) is 5.41 Å². The number of guanidine groups is 1. The Hall–Kier alpha value is -2.58. The molecule has 5 N–H and O–H groups in total. The van der Waals surface area contributed by atoms with E-state index in [2.05, 4.69) is 10.6 Å². The topological polar surface area (TPSA) is 125 Å². The largest absolute Gasteiger partial charge is 0.370 e. The molecule has 0 unspecified atom stereocenters. The second-order valence-corrected chi connectivity index (χ2v) is 7.41. The summed E-state index contributed by atoms with van der Waals surface area (Å²) in [5.41, 5.74) is 6.09. The van der Waals surface area contributed by atoms with Crippen LogP contribution in [-0.4, -0.2) is 26.5 Å². The number of hydrogen-bond acceptors (Lipinski definition) is 5. The van der Waals surface area contributed by atoms with Crippen LogP contribution in [0.15, 0.2) is 47.4 Å². The van der Waals surface area contributed by atoms with E-state index < -0.39 is 21.7 Å². The molecule has 2 aromatic rings. The van der Waals surface area contributed by atoms with Crippen LogP contribution in [0.1, 0.15) is 10.4 Å². The molecule has 0 aliphatic carbocycles. The first-order valence-electron chi connectivity index (χ1n) is 6.69. The molecular formula is C15H15ClN4O3S. The Morgan fingerprint density at radius 2 is 1.92 bits per heavy atom. The zero-order valence-electron chi connectivity index (χ0n) is 12.6. The highest BCUT2D eigenvalue weighted by atomic mass is 35.5. The van der Waals surface area contributed by atoms with E-state index in [1.807, 2.05) is 0 Å². The maximum Gasteiger partial charge on any atom is 0.257 e. The zero-order chi connectivity index (χ0) is 17.9. The van der Waals surface area contributed by atoms with Gasteiger partial charge in [-0.15, -0.1) is 0 Å². The van der Waals surface area contributed by atoms with E-state index in [1.54, 1.807) is 24.3 Å². The summed E-state index contributed by atoms with van der Waals surface area (Å²) in [6.45, 7) is 0. The molecule has 0 aromatic heterocycles. The van der Waals surface area contributed by atoms with Crippen molar-refractivity contribution in [2.24, 2.45) is 5.73 Å². The number of halogens is 1. The predicted molar refractivity (Wildman–Crippen MR) is 93.7 cm³/mol. The molecule has 0 saturated heterocycles. The number of rotatable bonds is 4. The summed E-state index contributed by atoms with van der Waals surface area (Å²) < 4.78 is 24.1. The van der Waals surface area contributed by atoms with Crippen molar-refractivity contribution in [1.29, 1.82) is 5.41 Å². The first-order chi connectivity index (χ1) is 11.2. The van der Waals surface area contributed by atoms with Crippen LogP contribution >= 0.6 is 11.6 Å². The lowest BCUT2D eigenvalue weighted by molar-refractivity contribution is 0.0976. The van der Waals surface area contributed by atoms with Gasteiger partial charge < -0.3 is 11.1 Å². The highest BCUT2D eigenvalue weighted by molar-refractivity contribution is 7.90. The second-order valence-electron chi connectivity index (χ2n) is 4.99. The van der Waals surface area contributed by atoms with Crippen LogP contribution in [0.3, 0.4) is 0 Å². The lowest BCUT2D eigenvalue weighted by Gasteiger charge is -2.13. The lowest BCUT2D eigenvalue weighted by Crippen LogP contribution is -2.35. The smallest absolute Gasteiger partial charge is 0.257 e. The highest BCUT2D eigenvalue weighted by Gasteiger charge is 2.17. The minimum absolute atomic E-state index is 0.0568. The number of carbonyl (C=O) groups excluding carboxylic acids is 1. The quantitative estimate of drug-likeness (QED) is 0.487. The van der Waals surface area contributed by atoms with Gasteiger partial charge in [0.1, 0.15) is 0 Å². The van der Waals surface area contributed by atoms with Crippen LogP contribution in [0.2, 0.25) is 5.02 Å². The molecule has 9 heteroatoms. The number of hydrogen-bond donors (Lipinski definition) is 4. The molecule has 2 rings (SSSR count). The van der Waals surface area contributed by atoms with Crippen LogP contribution in [0.5, 0.6) is 0 Å². The molecule has 0 aliphatic rings. The molecule has 0 fully saturated rings. The van der Waals surface area contributed by atoms with Gasteiger partial charge in [0.15, 0.2) is 15.8 Å². The number of anilines is 2. The van der Waals surface area contributed by atoms with E-state index in [9.17, 15) is 13.2 Å². The molecule has 7 nitrogen and oxygen atoms in total. The summed E-state index contributed by atoms with van der Waals surface area (Å²) >= 11 is 5.91. The Bertz CT molecular complexity index is 913. The van der Waals surface area contributed by atoms with Gasteiger partial charge in [-0.05, 0) is 36.4 Å². The molecular weight excluding hydrogens is 352 g/mol. The van der Waals surface area contributed by atoms with Crippen molar-refractivity contribution in [1.82, 2.24) is 5.32 Å². The van der Waals surface area contributed by atoms with Crippen molar-refractivity contribution in [3.63, 3.8) is 0 Å². The maximum absolute atomic E-state index is 12.0. The molecule has 1 amide bonds. The van der Waals surface area contributed by atoms with Gasteiger partial charge >= 0.3 is 0 Å². The minimum atomic E-state index is -3.61. The third kappa shape index (κ3) is 4.46. The molecule has 0 heterocycles. The summed E-state index contributed by atoms with van der Waals surface area (Å²) in [5, 5.41) is 12.6. The molecule has 24 heavy (non-hydrogen) atoms. The number of carbonyl (C=O) groups is 1. The Balaban J connectivity index is 2.45. The monoisotopic (exact) mass is 366 g/mol. The van der Waals surface area contributed by atoms with Crippen LogP contribution < -0.4 is 16.4 Å². The van der Waals surface area contributed by atoms with Gasteiger partial charge in [-0.3, -0.25) is 15.5 Å². The average molecular weight is 367 g/mol. The van der Waals surface area contributed by atoms with Crippen LogP contribution in [0.25, 0.3) is 0 Å². The van der Waals surface area contributed by atoms with Gasteiger partial charge in [-0.1, -0.05) is 17.7 Å². The van der Waals surface area contributed by atoms with Gasteiger partial charge in [0.05, 0.1) is 10.6 Å². The Morgan fingerprint density at radius 1 is 1.21 bits per heavy atom. The maximum atomic E-state index is 12.0. The van der Waals surface area contributed by atoms with Gasteiger partial charge in [0.25, 0.3) is 5.91 Å². The van der Waals surface area contributed by atoms with Gasteiger partial charge in [0.2, 0.25) is 0 Å². The normalized spacial score (nSPS) is 10.9. The Labute approximate surface area is 144 Å². The zero-order valence-corrected chi connectivity index (χ0v) is 14.2. The number of amides is 1. The fraction of sp³-hybridized carbons (Fsp3) is 0.0667. The molecule has 0 atom stereocenters. The minimum Gasteiger partial charge on any atom is -0.370 e. The standard InChI is InChI=1S/C15H15ClN4O3S/c1-24(22,23)13-7-9(14(21)20-15(17)18)5-6-12(13)19-11-4-2-3-10(16)8-11/h2-8,19H,1H3,(H4,17,18,20,21). The summed E-state index contributed by atoms with van der Waals surface area (Å²) in [6.07, 6.45) is 1.04. The molecule has 0 aliphatic heterocycles. The third-order valence-corrected chi connectivity index (χ3v) is 4.37. The van der Waals surface area contributed by atoms with Crippen molar-refractivity contribution < 1.29 is 13.2 Å². The lowest BCUT2D eigenvalue weighted by atomic mass is 10.2. The van der Waals surface area contributed by atoms with Gasteiger partial charge in [-0.25, -0.2) is 8.42 Å². The first kappa shape index (κ1) is 17.8. The SMILES string of the molecule is CS(=O)(=O)c1cc(C(=O)NC(=N)N)ccc1Nc1cccc(Cl)c1. The number of benzene rings is 2. The van der Waals surface area contributed by atoms with Crippen molar-refractivity contribution >= 4 is 44.7 Å². The predicted octanol–water partition coefficient (Wildman–Crippen LogP) is 2.11. The fourth-order valence-electron chi connectivity index (χ4n) is 1.99. The van der Waals surface area contributed by atoms with Crippen LogP contribution in [0.4, 0.5) is 11.4 Å². The third-order valence-electron chi connectivity index (χ3n) is 3.00. The van der Waals surface area contributed by atoms with E-state index >= 15 is 0 Å². The summed E-state index contributed by atoms with van der Waals surface area (Å²) in [7, 11) is -3.61. The van der Waals surface area contributed by atoms with Crippen LogP contribution in [-0.2, 0) is 9.84 Å². The Kier molecular flexibility index (Phi) is 5.10. The molecule has 0 bridgehead atoms. The highest BCUT2D eigenvalue weighted by Crippen LogP contribution is 2.27. The van der Waals surface area contributed by atoms with Gasteiger partial charge in [-0.2, -0.15) is 0 Å². The molecule has 0 saturated carbocycles. The van der Waals surface area contributed by atoms with Crippen molar-refractivity contribution in [3.8, 4) is 0 Å². The number of nitrogens with one attached hydrogen (secondary N) is 3. The van der Waals surface area contributed by atoms with Gasteiger partial charge in [0, 0.05) is 22.5 Å². The van der Waals surface area contributed by atoms with E-state index in [0.29, 0.717) is 16.4 Å². The Morgan fingerprint density at radius 3 is 2.50 bits per heavy atom. The first-order valence-corrected chi connectivity index (χ1v) is 8.96. The molecule has 0 spiro atoms.